The third-order valence-corrected chi connectivity index (χ3v) is 8.45. The van der Waals surface area contributed by atoms with Crippen LogP contribution in [-0.2, 0) is 14.3 Å². The summed E-state index contributed by atoms with van der Waals surface area (Å²) in [6.07, 6.45) is -0.156. The van der Waals surface area contributed by atoms with Gasteiger partial charge in [-0.15, -0.1) is 0 Å². The number of hydrogen-bond acceptors (Lipinski definition) is 9. The molecule has 3 heterocycles. The summed E-state index contributed by atoms with van der Waals surface area (Å²) >= 11 is 6.28. The highest BCUT2D eigenvalue weighted by atomic mass is 35.5. The van der Waals surface area contributed by atoms with Crippen LogP contribution in [0.3, 0.4) is 0 Å². The van der Waals surface area contributed by atoms with E-state index in [1.54, 1.807) is 24.3 Å². The van der Waals surface area contributed by atoms with Crippen molar-refractivity contribution < 1.29 is 49.4 Å². The molecule has 4 aromatic rings. The molecule has 6 rings (SSSR count). The molecule has 21 heteroatoms. The zero-order chi connectivity index (χ0) is 40.9. The number of nitrogens with two attached hydrogens (primary N) is 1. The summed E-state index contributed by atoms with van der Waals surface area (Å²) in [6, 6.07) is 8.77. The minimum absolute atomic E-state index is 0.0881. The second-order valence-corrected chi connectivity index (χ2v) is 13.5. The van der Waals surface area contributed by atoms with Crippen LogP contribution in [0.5, 0.6) is 0 Å². The summed E-state index contributed by atoms with van der Waals surface area (Å²) in [5.41, 5.74) is 5.58. The minimum atomic E-state index is -4.05. The Hall–Kier alpha value is -5.11. The Kier molecular flexibility index (Phi) is 13.3. The van der Waals surface area contributed by atoms with E-state index < -0.39 is 48.5 Å². The van der Waals surface area contributed by atoms with Gasteiger partial charge >= 0.3 is 19.3 Å². The van der Waals surface area contributed by atoms with Gasteiger partial charge < -0.3 is 15.8 Å². The number of rotatable bonds is 11. The molecule has 1 aliphatic carbocycles. The molecule has 0 bridgehead atoms. The van der Waals surface area contributed by atoms with Crippen molar-refractivity contribution in [2.45, 2.75) is 76.2 Å². The molecule has 2 aromatic heterocycles. The van der Waals surface area contributed by atoms with Gasteiger partial charge in [0.05, 0.1) is 17.3 Å². The lowest BCUT2D eigenvalue weighted by molar-refractivity contribution is -0.164. The van der Waals surface area contributed by atoms with Gasteiger partial charge in [0.15, 0.2) is 17.8 Å². The van der Waals surface area contributed by atoms with Crippen LogP contribution in [0.4, 0.5) is 35.1 Å². The molecule has 0 radical (unpaired) electrons. The number of ether oxygens (including phenoxy) is 1. The number of aromatic nitrogens is 5. The fourth-order valence-corrected chi connectivity index (χ4v) is 5.44. The number of nitrogens with one attached hydrogen (secondary N) is 1. The van der Waals surface area contributed by atoms with Crippen molar-refractivity contribution in [1.29, 1.82) is 0 Å². The first kappa shape index (κ1) is 42.6. The van der Waals surface area contributed by atoms with Crippen molar-refractivity contribution in [3.8, 4) is 22.5 Å². The van der Waals surface area contributed by atoms with Gasteiger partial charge in [-0.2, -0.15) is 45.6 Å². The average Bonchev–Trinajstić information content (AvgIpc) is 3.39. The molecule has 2 aromatic carbocycles. The van der Waals surface area contributed by atoms with Gasteiger partial charge in [-0.25, -0.2) is 19.0 Å². The largest absolute Gasteiger partial charge is 0.465 e. The van der Waals surface area contributed by atoms with Crippen molar-refractivity contribution in [3.63, 3.8) is 0 Å². The lowest BCUT2D eigenvalue weighted by Gasteiger charge is -2.28. The van der Waals surface area contributed by atoms with Crippen LogP contribution < -0.4 is 11.1 Å². The number of benzene rings is 2. The van der Waals surface area contributed by atoms with E-state index in [0.29, 0.717) is 31.6 Å². The van der Waals surface area contributed by atoms with Crippen LogP contribution >= 0.6 is 11.6 Å². The maximum Gasteiger partial charge on any atom is 0.406 e. The van der Waals surface area contributed by atoms with Gasteiger partial charge in [-0.1, -0.05) is 41.9 Å². The molecule has 1 saturated carbocycles. The van der Waals surface area contributed by atoms with Gasteiger partial charge in [-0.05, 0) is 69.5 Å². The zero-order valence-corrected chi connectivity index (χ0v) is 30.4. The van der Waals surface area contributed by atoms with E-state index in [0.717, 1.165) is 11.2 Å². The number of halogens is 9. The first-order valence-corrected chi connectivity index (χ1v) is 16.7. The molecule has 2 unspecified atom stereocenters. The van der Waals surface area contributed by atoms with Gasteiger partial charge in [0.2, 0.25) is 0 Å². The standard InChI is InChI=1S/C25H19ClF4N8O3.C5H8F3N.C4H9F/c26-18-6-5-15(7-17(18)21-32-11-34-38(21)24(29)30)19(10-41-12-39)37-22(40)20(35-25(37)31)14-3-1-13(2-4-14)16-8-33-36(9-16)23(27)28;1-9-4(2-3-4)5(6,7)8;1-4(2,3)5/h1-9,11-12,19-20,23-24H,10H2,(H2,31,35);9H,2-3H2,1H3;1-3H3. The van der Waals surface area contributed by atoms with E-state index in [4.69, 9.17) is 22.1 Å². The summed E-state index contributed by atoms with van der Waals surface area (Å²) in [4.78, 5) is 34.0. The van der Waals surface area contributed by atoms with Gasteiger partial charge in [0, 0.05) is 17.3 Å². The molecule has 55 heavy (non-hydrogen) atoms. The number of guanidine groups is 1. The topological polar surface area (TPSA) is 146 Å². The highest BCUT2D eigenvalue weighted by Crippen LogP contribution is 2.48. The highest BCUT2D eigenvalue weighted by Gasteiger charge is 2.62. The number of carbonyl (C=O) groups excluding carboxylic acids is 2. The lowest BCUT2D eigenvalue weighted by Crippen LogP contribution is -2.42. The third-order valence-electron chi connectivity index (χ3n) is 8.12. The summed E-state index contributed by atoms with van der Waals surface area (Å²) < 4.78 is 106. The summed E-state index contributed by atoms with van der Waals surface area (Å²) in [7, 11) is 1.35. The summed E-state index contributed by atoms with van der Waals surface area (Å²) in [5.74, 6) is -0.935. The third kappa shape index (κ3) is 10.4. The number of alkyl halides is 8. The molecular weight excluding hydrogens is 770 g/mol. The first-order chi connectivity index (χ1) is 25.7. The number of amides is 1. The van der Waals surface area contributed by atoms with Gasteiger partial charge in [-0.3, -0.25) is 14.5 Å². The van der Waals surface area contributed by atoms with Crippen molar-refractivity contribution in [3.05, 3.63) is 77.3 Å². The predicted molar refractivity (Wildman–Crippen MR) is 185 cm³/mol. The maximum absolute atomic E-state index is 13.6. The van der Waals surface area contributed by atoms with E-state index in [-0.39, 0.29) is 48.3 Å². The molecule has 12 nitrogen and oxygen atoms in total. The van der Waals surface area contributed by atoms with Gasteiger partial charge in [0.1, 0.15) is 24.1 Å². The molecule has 0 spiro atoms. The van der Waals surface area contributed by atoms with Crippen molar-refractivity contribution in [2.75, 3.05) is 13.7 Å². The van der Waals surface area contributed by atoms with Crippen molar-refractivity contribution >= 4 is 29.9 Å². The quantitative estimate of drug-likeness (QED) is 0.118. The number of nitrogens with zero attached hydrogens (tertiary/aromatic N) is 7. The second-order valence-electron chi connectivity index (χ2n) is 13.1. The fourth-order valence-electron chi connectivity index (χ4n) is 5.23. The number of aliphatic imine (C=N–C) groups is 1. The Morgan fingerprint density at radius 1 is 1.02 bits per heavy atom. The SMILES string of the molecule is CC(C)(C)F.CNC1(C(F)(F)F)CC1.NC1=NC(c2ccc(-c3cnn(C(F)F)c3)cc2)C(=O)N1C(COC=O)c1ccc(Cl)c(-c2ncnn2C(F)F)c1. The van der Waals surface area contributed by atoms with Crippen LogP contribution in [0.1, 0.15) is 69.9 Å². The van der Waals surface area contributed by atoms with Crippen LogP contribution in [0.2, 0.25) is 5.02 Å². The molecule has 2 atom stereocenters. The molecule has 1 aliphatic heterocycles. The van der Waals surface area contributed by atoms with Crippen LogP contribution in [0.25, 0.3) is 22.5 Å². The zero-order valence-electron chi connectivity index (χ0n) is 29.6. The maximum atomic E-state index is 13.6. The Labute approximate surface area is 314 Å². The smallest absolute Gasteiger partial charge is 0.406 e. The molecule has 1 fully saturated rings. The monoisotopic (exact) mass is 805 g/mol. The van der Waals surface area contributed by atoms with E-state index in [1.807, 2.05) is 0 Å². The van der Waals surface area contributed by atoms with Crippen LogP contribution in [-0.4, -0.2) is 78.8 Å². The minimum Gasteiger partial charge on any atom is -0.465 e. The Balaban J connectivity index is 0.000000405. The van der Waals surface area contributed by atoms with Crippen LogP contribution in [0, 0.1) is 0 Å². The Bertz CT molecular complexity index is 1950. The first-order valence-electron chi connectivity index (χ1n) is 16.3. The molecular formula is C34H36ClF8N9O3. The van der Waals surface area contributed by atoms with E-state index in [1.165, 1.54) is 58.4 Å². The summed E-state index contributed by atoms with van der Waals surface area (Å²) in [5, 5.41) is 9.49. The summed E-state index contributed by atoms with van der Waals surface area (Å²) in [6.45, 7) is -1.35. The Morgan fingerprint density at radius 2 is 1.65 bits per heavy atom. The van der Waals surface area contributed by atoms with Crippen molar-refractivity contribution in [1.82, 2.24) is 34.8 Å². The molecule has 2 aliphatic rings. The normalized spacial score (nSPS) is 16.9. The van der Waals surface area contributed by atoms with E-state index in [9.17, 15) is 44.7 Å². The van der Waals surface area contributed by atoms with E-state index >= 15 is 0 Å². The molecule has 1 amide bonds. The van der Waals surface area contributed by atoms with Crippen molar-refractivity contribution in [2.24, 2.45) is 10.7 Å². The Morgan fingerprint density at radius 3 is 2.15 bits per heavy atom. The molecule has 0 saturated heterocycles. The van der Waals surface area contributed by atoms with E-state index in [2.05, 4.69) is 25.5 Å². The number of hydrogen-bond donors (Lipinski definition) is 2. The average molecular weight is 806 g/mol. The predicted octanol–water partition coefficient (Wildman–Crippen LogP) is 7.42. The lowest BCUT2D eigenvalue weighted by atomic mass is 10.00. The van der Waals surface area contributed by atoms with Crippen LogP contribution in [0.15, 0.2) is 66.2 Å². The highest BCUT2D eigenvalue weighted by molar-refractivity contribution is 6.33. The molecule has 298 valence electrons. The molecule has 3 N–H and O–H groups in total. The number of carbonyl (C=O) groups is 2. The fraction of sp³-hybridized carbons (Fsp3) is 0.412. The van der Waals surface area contributed by atoms with Gasteiger partial charge in [0.25, 0.3) is 12.4 Å². The second kappa shape index (κ2) is 17.1.